The third-order valence-electron chi connectivity index (χ3n) is 5.27. The molecule has 1 aromatic heterocycles. The van der Waals surface area contributed by atoms with Crippen molar-refractivity contribution in [1.82, 2.24) is 13.6 Å². The molecule has 0 spiro atoms. The van der Waals surface area contributed by atoms with Gasteiger partial charge in [0.15, 0.2) is 5.03 Å². The van der Waals surface area contributed by atoms with Crippen LogP contribution in [0.1, 0.15) is 5.56 Å². The summed E-state index contributed by atoms with van der Waals surface area (Å²) in [5.74, 6) is 3.16. The molecule has 0 amide bonds. The summed E-state index contributed by atoms with van der Waals surface area (Å²) in [6.45, 7) is 8.01. The number of hydrogen-bond donors (Lipinski definition) is 1. The Labute approximate surface area is 196 Å². The van der Waals surface area contributed by atoms with E-state index < -0.39 is 28.1 Å². The molecule has 2 heterocycles. The van der Waals surface area contributed by atoms with Crippen LogP contribution in [-0.4, -0.2) is 59.4 Å². The number of fused-ring (bicyclic) bond motifs is 1. The zero-order chi connectivity index (χ0) is 23.9. The van der Waals surface area contributed by atoms with E-state index in [-0.39, 0.29) is 23.0 Å². The average molecular weight is 502 g/mol. The van der Waals surface area contributed by atoms with Gasteiger partial charge in [0.25, 0.3) is 20.0 Å². The summed E-state index contributed by atoms with van der Waals surface area (Å²) in [6, 6.07) is 14.5. The predicted molar refractivity (Wildman–Crippen MR) is 133 cm³/mol. The van der Waals surface area contributed by atoms with E-state index in [4.69, 9.17) is 0 Å². The zero-order valence-corrected chi connectivity index (χ0v) is 21.5. The highest BCUT2D eigenvalue weighted by atomic mass is 32.2. The van der Waals surface area contributed by atoms with E-state index in [9.17, 15) is 16.8 Å². The molecule has 0 saturated carbocycles. The molecule has 1 saturated heterocycles. The zero-order valence-electron chi connectivity index (χ0n) is 18.9. The van der Waals surface area contributed by atoms with Gasteiger partial charge in [-0.2, -0.15) is 4.31 Å². The summed E-state index contributed by atoms with van der Waals surface area (Å²) >= 11 is 0. The van der Waals surface area contributed by atoms with Crippen LogP contribution in [0.25, 0.3) is 10.9 Å². The van der Waals surface area contributed by atoms with Crippen LogP contribution in [0.5, 0.6) is 0 Å². The van der Waals surface area contributed by atoms with Crippen molar-refractivity contribution in [3.05, 3.63) is 60.2 Å². The fourth-order valence-electron chi connectivity index (χ4n) is 3.64. The van der Waals surface area contributed by atoms with E-state index in [1.165, 1.54) is 22.5 Å². The van der Waals surface area contributed by atoms with Crippen molar-refractivity contribution in [3.8, 4) is 11.5 Å². The smallest absolute Gasteiger partial charge is 0.269 e. The Hall–Kier alpha value is -2.42. The third kappa shape index (κ3) is 4.78. The molecule has 1 aliphatic heterocycles. The summed E-state index contributed by atoms with van der Waals surface area (Å²) in [7, 11) is -9.81. The first kappa shape index (κ1) is 23.7. The predicted octanol–water partition coefficient (Wildman–Crippen LogP) is 2.70. The van der Waals surface area contributed by atoms with Crippen molar-refractivity contribution < 1.29 is 16.8 Å². The van der Waals surface area contributed by atoms with Gasteiger partial charge in [0.2, 0.25) is 0 Å². The standard InChI is InChI=1S/C23H27N3O4S2Si/c1-33(2,3)16-11-19-9-10-22-20(17-19)18-23(32(29,30)25-14-12-24-13-15-25)26(22)31(27,28)21-7-5-4-6-8-21/h4-10,17-18,24H,12-15H2,1-3H3. The lowest BCUT2D eigenvalue weighted by Gasteiger charge is -2.27. The minimum absolute atomic E-state index is 0.0295. The molecule has 10 heteroatoms. The number of hydrogen-bond acceptors (Lipinski definition) is 5. The summed E-state index contributed by atoms with van der Waals surface area (Å²) < 4.78 is 56.8. The molecular weight excluding hydrogens is 474 g/mol. The summed E-state index contributed by atoms with van der Waals surface area (Å²) in [6.07, 6.45) is 0. The van der Waals surface area contributed by atoms with Gasteiger partial charge in [-0.15, -0.1) is 5.54 Å². The minimum Gasteiger partial charge on any atom is -0.314 e. The minimum atomic E-state index is -4.16. The molecule has 1 fully saturated rings. The van der Waals surface area contributed by atoms with E-state index in [0.29, 0.717) is 24.0 Å². The van der Waals surface area contributed by atoms with Crippen LogP contribution in [0, 0.1) is 11.5 Å². The van der Waals surface area contributed by atoms with E-state index in [1.54, 1.807) is 36.4 Å². The van der Waals surface area contributed by atoms with Gasteiger partial charge in [0.05, 0.1) is 10.4 Å². The van der Waals surface area contributed by atoms with Gasteiger partial charge in [-0.05, 0) is 36.4 Å². The van der Waals surface area contributed by atoms with Crippen LogP contribution in [0.15, 0.2) is 64.5 Å². The van der Waals surface area contributed by atoms with Gasteiger partial charge in [-0.1, -0.05) is 43.8 Å². The maximum Gasteiger partial charge on any atom is 0.269 e. The Balaban J connectivity index is 1.97. The Kier molecular flexibility index (Phi) is 6.28. The number of rotatable bonds is 4. The van der Waals surface area contributed by atoms with Crippen molar-refractivity contribution in [3.63, 3.8) is 0 Å². The maximum absolute atomic E-state index is 13.6. The molecule has 0 bridgehead atoms. The van der Waals surface area contributed by atoms with Crippen LogP contribution in [-0.2, 0) is 20.0 Å². The topological polar surface area (TPSA) is 88.5 Å². The molecule has 3 aromatic rings. The molecule has 0 radical (unpaired) electrons. The fraction of sp³-hybridized carbons (Fsp3) is 0.304. The van der Waals surface area contributed by atoms with Crippen molar-refractivity contribution in [1.29, 1.82) is 0 Å². The number of benzene rings is 2. The molecule has 33 heavy (non-hydrogen) atoms. The van der Waals surface area contributed by atoms with Crippen LogP contribution >= 0.6 is 0 Å². The van der Waals surface area contributed by atoms with E-state index in [0.717, 1.165) is 9.54 Å². The van der Waals surface area contributed by atoms with Crippen LogP contribution in [0.3, 0.4) is 0 Å². The van der Waals surface area contributed by atoms with Crippen LogP contribution in [0.4, 0.5) is 0 Å². The maximum atomic E-state index is 13.6. The monoisotopic (exact) mass is 501 g/mol. The number of aromatic nitrogens is 1. The number of nitrogens with zero attached hydrogens (tertiary/aromatic N) is 2. The number of piperazine rings is 1. The van der Waals surface area contributed by atoms with Gasteiger partial charge in [0.1, 0.15) is 8.07 Å². The van der Waals surface area contributed by atoms with Crippen molar-refractivity contribution in [2.24, 2.45) is 0 Å². The van der Waals surface area contributed by atoms with Crippen molar-refractivity contribution in [2.75, 3.05) is 26.2 Å². The largest absolute Gasteiger partial charge is 0.314 e. The molecule has 2 aromatic carbocycles. The molecule has 0 atom stereocenters. The van der Waals surface area contributed by atoms with E-state index >= 15 is 0 Å². The first-order valence-electron chi connectivity index (χ1n) is 10.7. The van der Waals surface area contributed by atoms with Gasteiger partial charge < -0.3 is 5.32 Å². The molecule has 4 rings (SSSR count). The fourth-order valence-corrected chi connectivity index (χ4v) is 7.68. The molecular formula is C23H27N3O4S2Si. The van der Waals surface area contributed by atoms with Gasteiger partial charge in [0, 0.05) is 37.1 Å². The molecule has 0 aliphatic carbocycles. The average Bonchev–Trinajstić information content (AvgIpc) is 3.19. The quantitative estimate of drug-likeness (QED) is 0.439. The van der Waals surface area contributed by atoms with Crippen molar-refractivity contribution >= 4 is 39.0 Å². The van der Waals surface area contributed by atoms with Gasteiger partial charge in [-0.25, -0.2) is 20.8 Å². The lowest BCUT2D eigenvalue weighted by Crippen LogP contribution is -2.46. The first-order chi connectivity index (χ1) is 15.5. The third-order valence-corrected chi connectivity index (χ3v) is 9.88. The van der Waals surface area contributed by atoms with Gasteiger partial charge in [-0.3, -0.25) is 0 Å². The Morgan fingerprint density at radius 2 is 1.55 bits per heavy atom. The Morgan fingerprint density at radius 3 is 2.18 bits per heavy atom. The van der Waals surface area contributed by atoms with Crippen LogP contribution < -0.4 is 5.32 Å². The normalized spacial score (nSPS) is 15.8. The molecule has 174 valence electrons. The first-order valence-corrected chi connectivity index (χ1v) is 17.1. The highest BCUT2D eigenvalue weighted by Gasteiger charge is 2.34. The highest BCUT2D eigenvalue weighted by molar-refractivity contribution is 7.92. The highest BCUT2D eigenvalue weighted by Crippen LogP contribution is 2.31. The SMILES string of the molecule is C[Si](C)(C)C#Cc1ccc2c(c1)cc(S(=O)(=O)N1CCNCC1)n2S(=O)(=O)c1ccccc1. The molecule has 7 nitrogen and oxygen atoms in total. The second kappa shape index (κ2) is 8.74. The molecule has 0 unspecified atom stereocenters. The second-order valence-corrected chi connectivity index (χ2v) is 17.4. The Morgan fingerprint density at radius 1 is 0.879 bits per heavy atom. The summed E-state index contributed by atoms with van der Waals surface area (Å²) in [4.78, 5) is 0.0295. The summed E-state index contributed by atoms with van der Waals surface area (Å²) in [5, 5.41) is 3.39. The molecule has 1 aliphatic rings. The summed E-state index contributed by atoms with van der Waals surface area (Å²) in [5.41, 5.74) is 4.33. The molecule has 1 N–H and O–H groups in total. The lowest BCUT2D eigenvalue weighted by molar-refractivity contribution is 0.358. The lowest BCUT2D eigenvalue weighted by atomic mass is 10.2. The van der Waals surface area contributed by atoms with Crippen LogP contribution in [0.2, 0.25) is 19.6 Å². The van der Waals surface area contributed by atoms with Gasteiger partial charge >= 0.3 is 0 Å². The number of sulfonamides is 1. The second-order valence-electron chi connectivity index (χ2n) is 8.99. The Bertz CT molecular complexity index is 1460. The van der Waals surface area contributed by atoms with E-state index in [1.807, 2.05) is 0 Å². The number of nitrogens with one attached hydrogen (secondary N) is 1. The van der Waals surface area contributed by atoms with E-state index in [2.05, 4.69) is 36.4 Å². The van der Waals surface area contributed by atoms with Crippen molar-refractivity contribution in [2.45, 2.75) is 29.6 Å².